The van der Waals surface area contributed by atoms with Gasteiger partial charge in [0.25, 0.3) is 0 Å². The molecule has 0 aliphatic heterocycles. The number of halogens is 2. The molecule has 0 heterocycles. The van der Waals surface area contributed by atoms with Crippen molar-refractivity contribution < 1.29 is 28.2 Å². The summed E-state index contributed by atoms with van der Waals surface area (Å²) in [6, 6.07) is 4.06. The molecule has 0 atom stereocenters. The van der Waals surface area contributed by atoms with Crippen molar-refractivity contribution in [3.63, 3.8) is 0 Å². The number of carboxylic acids is 1. The van der Waals surface area contributed by atoms with Crippen LogP contribution in [0.2, 0.25) is 0 Å². The monoisotopic (exact) mass is 258 g/mol. The van der Waals surface area contributed by atoms with Gasteiger partial charge in [0, 0.05) is 0 Å². The molecule has 2 rings (SSSR count). The molecule has 1 fully saturated rings. The van der Waals surface area contributed by atoms with Gasteiger partial charge in [-0.3, -0.25) is 0 Å². The molecular formula is C12H12F2O4. The van der Waals surface area contributed by atoms with Crippen LogP contribution in [0.1, 0.15) is 23.2 Å². The molecule has 0 radical (unpaired) electrons. The highest BCUT2D eigenvalue weighted by Crippen LogP contribution is 2.35. The summed E-state index contributed by atoms with van der Waals surface area (Å²) < 4.78 is 34.2. The molecule has 0 bridgehead atoms. The third-order valence-electron chi connectivity index (χ3n) is 2.59. The minimum Gasteiger partial charge on any atom is -0.489 e. The van der Waals surface area contributed by atoms with Crippen LogP contribution >= 0.6 is 0 Å². The second-order valence-corrected chi connectivity index (χ2v) is 4.07. The number of benzene rings is 1. The number of alkyl halides is 2. The third-order valence-corrected chi connectivity index (χ3v) is 2.59. The lowest BCUT2D eigenvalue weighted by Crippen LogP contribution is -2.10. The van der Waals surface area contributed by atoms with Crippen molar-refractivity contribution in [1.29, 1.82) is 0 Å². The maximum absolute atomic E-state index is 12.3. The van der Waals surface area contributed by atoms with Crippen molar-refractivity contribution in [2.24, 2.45) is 5.92 Å². The molecule has 18 heavy (non-hydrogen) atoms. The Hall–Kier alpha value is -1.85. The summed E-state index contributed by atoms with van der Waals surface area (Å²) in [5, 5.41) is 8.91. The van der Waals surface area contributed by atoms with Crippen molar-refractivity contribution in [2.45, 2.75) is 19.5 Å². The van der Waals surface area contributed by atoms with Crippen LogP contribution in [0.15, 0.2) is 18.2 Å². The highest BCUT2D eigenvalue weighted by Gasteiger charge is 2.24. The number of rotatable bonds is 6. The molecule has 4 nitrogen and oxygen atoms in total. The molecule has 0 spiro atoms. The third kappa shape index (κ3) is 3.09. The van der Waals surface area contributed by atoms with Gasteiger partial charge in [0.15, 0.2) is 11.5 Å². The summed E-state index contributed by atoms with van der Waals surface area (Å²) in [7, 11) is 0. The fraction of sp³-hybridized carbons (Fsp3) is 0.417. The van der Waals surface area contributed by atoms with E-state index in [0.717, 1.165) is 12.8 Å². The Balaban J connectivity index is 2.23. The first-order chi connectivity index (χ1) is 8.58. The molecule has 0 unspecified atom stereocenters. The Labute approximate surface area is 102 Å². The number of ether oxygens (including phenoxy) is 2. The molecule has 1 aromatic carbocycles. The Kier molecular flexibility index (Phi) is 3.64. The van der Waals surface area contributed by atoms with Gasteiger partial charge in [-0.2, -0.15) is 8.78 Å². The molecule has 98 valence electrons. The Morgan fingerprint density at radius 2 is 2.17 bits per heavy atom. The first-order valence-corrected chi connectivity index (χ1v) is 5.52. The zero-order chi connectivity index (χ0) is 13.1. The van der Waals surface area contributed by atoms with Crippen LogP contribution in [-0.4, -0.2) is 24.3 Å². The standard InChI is InChI=1S/C12H12F2O4/c13-12(14)18-10-8(11(15)16)2-1-3-9(10)17-6-7-4-5-7/h1-3,7,12H,4-6H2,(H,15,16). The number of para-hydroxylation sites is 1. The minimum atomic E-state index is -3.09. The quantitative estimate of drug-likeness (QED) is 0.852. The molecule has 0 aromatic heterocycles. The minimum absolute atomic E-state index is 0.0436. The van der Waals surface area contributed by atoms with Gasteiger partial charge in [-0.1, -0.05) is 6.07 Å². The number of carbonyl (C=O) groups is 1. The van der Waals surface area contributed by atoms with E-state index in [1.54, 1.807) is 0 Å². The number of carboxylic acid groups (broad SMARTS) is 1. The predicted molar refractivity (Wildman–Crippen MR) is 58.3 cm³/mol. The Morgan fingerprint density at radius 1 is 1.44 bits per heavy atom. The largest absolute Gasteiger partial charge is 0.489 e. The second kappa shape index (κ2) is 5.20. The average molecular weight is 258 g/mol. The molecule has 0 amide bonds. The summed E-state index contributed by atoms with van der Waals surface area (Å²) in [6.07, 6.45) is 2.09. The van der Waals surface area contributed by atoms with Crippen LogP contribution < -0.4 is 9.47 Å². The SMILES string of the molecule is O=C(O)c1cccc(OCC2CC2)c1OC(F)F. The predicted octanol–water partition coefficient (Wildman–Crippen LogP) is 2.78. The summed E-state index contributed by atoms with van der Waals surface area (Å²) in [5.41, 5.74) is -0.330. The first-order valence-electron chi connectivity index (χ1n) is 5.52. The number of hydrogen-bond donors (Lipinski definition) is 1. The van der Waals surface area contributed by atoms with Crippen LogP contribution in [0.4, 0.5) is 8.78 Å². The molecule has 1 N–H and O–H groups in total. The smallest absolute Gasteiger partial charge is 0.387 e. The van der Waals surface area contributed by atoms with E-state index in [9.17, 15) is 13.6 Å². The normalized spacial score (nSPS) is 14.6. The molecule has 6 heteroatoms. The van der Waals surface area contributed by atoms with Crippen LogP contribution in [0.5, 0.6) is 11.5 Å². The lowest BCUT2D eigenvalue weighted by molar-refractivity contribution is -0.0520. The summed E-state index contributed by atoms with van der Waals surface area (Å²) in [5.74, 6) is -1.27. The number of aromatic carboxylic acids is 1. The number of hydrogen-bond acceptors (Lipinski definition) is 3. The van der Waals surface area contributed by atoms with Gasteiger partial charge in [0.05, 0.1) is 6.61 Å². The van der Waals surface area contributed by atoms with Gasteiger partial charge in [0.1, 0.15) is 5.56 Å². The topological polar surface area (TPSA) is 55.8 Å². The van der Waals surface area contributed by atoms with Crippen molar-refractivity contribution in [2.75, 3.05) is 6.61 Å². The molecule has 0 saturated heterocycles. The molecule has 1 aliphatic carbocycles. The highest BCUT2D eigenvalue weighted by molar-refractivity contribution is 5.92. The molecule has 1 saturated carbocycles. The van der Waals surface area contributed by atoms with Crippen LogP contribution in [0, 0.1) is 5.92 Å². The van der Waals surface area contributed by atoms with Crippen molar-refractivity contribution in [3.8, 4) is 11.5 Å². The molecular weight excluding hydrogens is 246 g/mol. The van der Waals surface area contributed by atoms with Crippen LogP contribution in [0.3, 0.4) is 0 Å². The fourth-order valence-electron chi connectivity index (χ4n) is 1.50. The molecule has 1 aliphatic rings. The lowest BCUT2D eigenvalue weighted by Gasteiger charge is -2.13. The van der Waals surface area contributed by atoms with E-state index >= 15 is 0 Å². The van der Waals surface area contributed by atoms with Gasteiger partial charge in [-0.15, -0.1) is 0 Å². The zero-order valence-electron chi connectivity index (χ0n) is 9.44. The van der Waals surface area contributed by atoms with E-state index in [2.05, 4.69) is 4.74 Å². The zero-order valence-corrected chi connectivity index (χ0v) is 9.44. The van der Waals surface area contributed by atoms with Crippen LogP contribution in [0.25, 0.3) is 0 Å². The van der Waals surface area contributed by atoms with Gasteiger partial charge in [0.2, 0.25) is 0 Å². The Morgan fingerprint density at radius 3 is 2.72 bits per heavy atom. The van der Waals surface area contributed by atoms with E-state index in [0.29, 0.717) is 12.5 Å². The fourth-order valence-corrected chi connectivity index (χ4v) is 1.50. The summed E-state index contributed by atoms with van der Waals surface area (Å²) >= 11 is 0. The van der Waals surface area contributed by atoms with E-state index in [-0.39, 0.29) is 11.3 Å². The summed E-state index contributed by atoms with van der Waals surface area (Å²) in [4.78, 5) is 10.9. The van der Waals surface area contributed by atoms with E-state index in [1.807, 2.05) is 0 Å². The first kappa shape index (κ1) is 12.6. The van der Waals surface area contributed by atoms with Crippen molar-refractivity contribution in [3.05, 3.63) is 23.8 Å². The summed E-state index contributed by atoms with van der Waals surface area (Å²) in [6.45, 7) is -2.70. The van der Waals surface area contributed by atoms with Crippen molar-refractivity contribution >= 4 is 5.97 Å². The van der Waals surface area contributed by atoms with Gasteiger partial charge in [-0.25, -0.2) is 4.79 Å². The van der Waals surface area contributed by atoms with Crippen LogP contribution in [-0.2, 0) is 0 Å². The van der Waals surface area contributed by atoms with Gasteiger partial charge < -0.3 is 14.6 Å². The Bertz CT molecular complexity index is 444. The van der Waals surface area contributed by atoms with E-state index in [4.69, 9.17) is 9.84 Å². The lowest BCUT2D eigenvalue weighted by atomic mass is 10.2. The highest BCUT2D eigenvalue weighted by atomic mass is 19.3. The van der Waals surface area contributed by atoms with Crippen molar-refractivity contribution in [1.82, 2.24) is 0 Å². The maximum atomic E-state index is 12.3. The molecule has 1 aromatic rings. The average Bonchev–Trinajstić information content (AvgIpc) is 3.10. The van der Waals surface area contributed by atoms with E-state index in [1.165, 1.54) is 18.2 Å². The van der Waals surface area contributed by atoms with E-state index < -0.39 is 18.3 Å². The maximum Gasteiger partial charge on any atom is 0.387 e. The second-order valence-electron chi connectivity index (χ2n) is 4.07. The van der Waals surface area contributed by atoms with Gasteiger partial charge in [-0.05, 0) is 30.9 Å². The van der Waals surface area contributed by atoms with Gasteiger partial charge >= 0.3 is 12.6 Å².